The lowest BCUT2D eigenvalue weighted by Crippen LogP contribution is -2.12. The molecule has 0 heterocycles. The molecule has 0 aliphatic heterocycles. The van der Waals surface area contributed by atoms with E-state index < -0.39 is 0 Å². The SMILES string of the molecule is CCCCCCCCCCCC(=O)Oc1ccc(OCCCCCCOc2ccc(OC(=O)CCCCCCCCCCC)c(=O)cc2)ccc1=O. The number of unbranched alkanes of at least 4 members (excludes halogenated alkanes) is 19. The predicted molar refractivity (Wildman–Crippen MR) is 210 cm³/mol. The second kappa shape index (κ2) is 29.9. The summed E-state index contributed by atoms with van der Waals surface area (Å²) in [5.41, 5.74) is -0.703. The van der Waals surface area contributed by atoms with E-state index in [1.54, 1.807) is 24.3 Å². The second-order valence-electron chi connectivity index (χ2n) is 13.8. The van der Waals surface area contributed by atoms with Crippen LogP contribution < -0.4 is 29.8 Å². The number of ether oxygens (including phenoxy) is 4. The van der Waals surface area contributed by atoms with Crippen LogP contribution in [0.15, 0.2) is 58.1 Å². The standard InChI is InChI=1S/C44H66O8/c1-3-5-7-9-11-13-15-17-21-25-43(47)51-41-33-29-37(27-31-39(41)45)49-35-23-19-20-24-36-50-38-28-32-40(46)42(34-30-38)52-44(48)26-22-18-16-14-12-10-8-6-4-2/h27-34H,3-26,35-36H2,1-2H3. The Morgan fingerprint density at radius 1 is 0.404 bits per heavy atom. The van der Waals surface area contributed by atoms with Gasteiger partial charge in [0.25, 0.3) is 0 Å². The highest BCUT2D eigenvalue weighted by atomic mass is 16.5. The third-order valence-corrected chi connectivity index (χ3v) is 9.07. The summed E-state index contributed by atoms with van der Waals surface area (Å²) < 4.78 is 22.4. The normalized spacial score (nSPS) is 10.9. The molecule has 0 spiro atoms. The zero-order valence-electron chi connectivity index (χ0n) is 32.3. The maximum atomic E-state index is 12.4. The molecule has 0 radical (unpaired) electrons. The van der Waals surface area contributed by atoms with Gasteiger partial charge in [0, 0.05) is 12.8 Å². The molecule has 52 heavy (non-hydrogen) atoms. The Kier molecular flexibility index (Phi) is 25.5. The van der Waals surface area contributed by atoms with E-state index >= 15 is 0 Å². The molecule has 0 amide bonds. The molecule has 0 aliphatic carbocycles. The van der Waals surface area contributed by atoms with Crippen molar-refractivity contribution >= 4 is 11.9 Å². The van der Waals surface area contributed by atoms with Gasteiger partial charge in [-0.25, -0.2) is 0 Å². The van der Waals surface area contributed by atoms with E-state index in [9.17, 15) is 19.2 Å². The number of rotatable bonds is 31. The Morgan fingerprint density at radius 2 is 0.712 bits per heavy atom. The largest absolute Gasteiger partial charge is 0.494 e. The van der Waals surface area contributed by atoms with Crippen LogP contribution in [0.1, 0.15) is 168 Å². The summed E-state index contributed by atoms with van der Waals surface area (Å²) in [5.74, 6) is 0.389. The molecule has 8 heteroatoms. The molecular formula is C44H66O8. The van der Waals surface area contributed by atoms with Crippen LogP contribution in [-0.2, 0) is 9.59 Å². The molecule has 0 aliphatic rings. The van der Waals surface area contributed by atoms with Crippen LogP contribution in [0.5, 0.6) is 23.0 Å². The van der Waals surface area contributed by atoms with E-state index in [0.29, 0.717) is 37.6 Å². The van der Waals surface area contributed by atoms with Gasteiger partial charge < -0.3 is 18.9 Å². The van der Waals surface area contributed by atoms with Crippen molar-refractivity contribution in [2.45, 2.75) is 168 Å². The zero-order valence-corrected chi connectivity index (χ0v) is 32.3. The van der Waals surface area contributed by atoms with Crippen molar-refractivity contribution in [2.24, 2.45) is 0 Å². The van der Waals surface area contributed by atoms with Crippen LogP contribution in [-0.4, -0.2) is 25.2 Å². The van der Waals surface area contributed by atoms with E-state index in [0.717, 1.165) is 64.2 Å². The Morgan fingerprint density at radius 3 is 1.08 bits per heavy atom. The van der Waals surface area contributed by atoms with Gasteiger partial charge in [-0.1, -0.05) is 117 Å². The van der Waals surface area contributed by atoms with Crippen LogP contribution in [0.3, 0.4) is 0 Å². The van der Waals surface area contributed by atoms with E-state index in [1.165, 1.54) is 101 Å². The van der Waals surface area contributed by atoms with Gasteiger partial charge in [0.2, 0.25) is 10.9 Å². The number of hydrogen-bond donors (Lipinski definition) is 0. The molecular weight excluding hydrogens is 656 g/mol. The van der Waals surface area contributed by atoms with Gasteiger partial charge in [0.05, 0.1) is 13.2 Å². The molecule has 0 saturated heterocycles. The van der Waals surface area contributed by atoms with Gasteiger partial charge in [0.15, 0.2) is 11.5 Å². The molecule has 0 unspecified atom stereocenters. The first-order chi connectivity index (χ1) is 25.4. The fraction of sp³-hybridized carbons (Fsp3) is 0.636. The fourth-order valence-electron chi connectivity index (χ4n) is 5.88. The highest BCUT2D eigenvalue weighted by Gasteiger charge is 2.09. The number of carbonyl (C=O) groups is 2. The number of carbonyl (C=O) groups excluding carboxylic acids is 2. The van der Waals surface area contributed by atoms with Crippen LogP contribution in [0, 0.1) is 0 Å². The molecule has 290 valence electrons. The summed E-state index contributed by atoms with van der Waals surface area (Å²) in [5, 5.41) is 0. The molecule has 0 saturated carbocycles. The summed E-state index contributed by atoms with van der Waals surface area (Å²) in [7, 11) is 0. The van der Waals surface area contributed by atoms with Gasteiger partial charge in [-0.15, -0.1) is 0 Å². The highest BCUT2D eigenvalue weighted by molar-refractivity contribution is 5.72. The minimum atomic E-state index is -0.376. The van der Waals surface area contributed by atoms with Gasteiger partial charge in [-0.3, -0.25) is 19.2 Å². The Balaban J connectivity index is 1.57. The lowest BCUT2D eigenvalue weighted by atomic mass is 10.1. The Labute approximate surface area is 313 Å². The zero-order chi connectivity index (χ0) is 37.5. The Hall–Kier alpha value is -3.68. The maximum Gasteiger partial charge on any atom is 0.311 e. The first-order valence-corrected chi connectivity index (χ1v) is 20.4. The molecule has 0 atom stereocenters. The molecule has 2 aromatic rings. The fourth-order valence-corrected chi connectivity index (χ4v) is 5.88. The van der Waals surface area contributed by atoms with Crippen molar-refractivity contribution < 1.29 is 28.5 Å². The number of hydrogen-bond acceptors (Lipinski definition) is 8. The molecule has 2 rings (SSSR count). The molecule has 2 aromatic carbocycles. The Bertz CT molecular complexity index is 1270. The van der Waals surface area contributed by atoms with Crippen molar-refractivity contribution in [3.63, 3.8) is 0 Å². The van der Waals surface area contributed by atoms with Gasteiger partial charge in [0.1, 0.15) is 11.5 Å². The van der Waals surface area contributed by atoms with E-state index in [1.807, 2.05) is 0 Å². The molecule has 0 fully saturated rings. The van der Waals surface area contributed by atoms with Crippen LogP contribution in [0.4, 0.5) is 0 Å². The minimum absolute atomic E-state index is 0.0239. The van der Waals surface area contributed by atoms with Crippen molar-refractivity contribution in [2.75, 3.05) is 13.2 Å². The summed E-state index contributed by atoms with van der Waals surface area (Å²) in [6, 6.07) is 12.3. The first kappa shape index (κ1) is 44.5. The summed E-state index contributed by atoms with van der Waals surface area (Å²) in [6.45, 7) is 5.43. The number of esters is 2. The smallest absolute Gasteiger partial charge is 0.311 e. The summed E-state index contributed by atoms with van der Waals surface area (Å²) in [6.07, 6.45) is 25.2. The first-order valence-electron chi connectivity index (χ1n) is 20.4. The highest BCUT2D eigenvalue weighted by Crippen LogP contribution is 2.17. The van der Waals surface area contributed by atoms with E-state index in [-0.39, 0.29) is 34.3 Å². The monoisotopic (exact) mass is 722 g/mol. The third kappa shape index (κ3) is 22.3. The lowest BCUT2D eigenvalue weighted by molar-refractivity contribution is -0.135. The van der Waals surface area contributed by atoms with Crippen molar-refractivity contribution in [3.8, 4) is 23.0 Å². The van der Waals surface area contributed by atoms with Gasteiger partial charge in [-0.05, 0) is 87.1 Å². The van der Waals surface area contributed by atoms with E-state index in [2.05, 4.69) is 13.8 Å². The van der Waals surface area contributed by atoms with Crippen LogP contribution in [0.2, 0.25) is 0 Å². The van der Waals surface area contributed by atoms with Crippen LogP contribution in [0.25, 0.3) is 0 Å². The molecule has 0 bridgehead atoms. The van der Waals surface area contributed by atoms with Crippen molar-refractivity contribution in [1.82, 2.24) is 0 Å². The summed E-state index contributed by atoms with van der Waals surface area (Å²) >= 11 is 0. The quantitative estimate of drug-likeness (QED) is 0.0559. The van der Waals surface area contributed by atoms with E-state index in [4.69, 9.17) is 18.9 Å². The van der Waals surface area contributed by atoms with Crippen LogP contribution >= 0.6 is 0 Å². The average molecular weight is 723 g/mol. The minimum Gasteiger partial charge on any atom is -0.494 e. The topological polar surface area (TPSA) is 105 Å². The average Bonchev–Trinajstić information content (AvgIpc) is 3.42. The van der Waals surface area contributed by atoms with Gasteiger partial charge >= 0.3 is 11.9 Å². The van der Waals surface area contributed by atoms with Gasteiger partial charge in [-0.2, -0.15) is 0 Å². The van der Waals surface area contributed by atoms with Crippen molar-refractivity contribution in [3.05, 3.63) is 69.0 Å². The third-order valence-electron chi connectivity index (χ3n) is 9.07. The lowest BCUT2D eigenvalue weighted by Gasteiger charge is -2.06. The molecule has 8 nitrogen and oxygen atoms in total. The second-order valence-corrected chi connectivity index (χ2v) is 13.8. The molecule has 0 N–H and O–H groups in total. The maximum absolute atomic E-state index is 12.4. The summed E-state index contributed by atoms with van der Waals surface area (Å²) in [4.78, 5) is 49.4. The van der Waals surface area contributed by atoms with Crippen molar-refractivity contribution in [1.29, 1.82) is 0 Å². The molecule has 0 aromatic heterocycles. The predicted octanol–water partition coefficient (Wildman–Crippen LogP) is 11.1.